The van der Waals surface area contributed by atoms with Crippen molar-refractivity contribution in [1.82, 2.24) is 20.8 Å². The van der Waals surface area contributed by atoms with Gasteiger partial charge in [-0.3, -0.25) is 4.79 Å². The molecule has 4 rings (SSSR count). The second-order valence-corrected chi connectivity index (χ2v) is 6.93. The van der Waals surface area contributed by atoms with Crippen molar-refractivity contribution in [3.63, 3.8) is 0 Å². The van der Waals surface area contributed by atoms with E-state index in [1.807, 2.05) is 6.07 Å². The molecular weight excluding hydrogens is 304 g/mol. The maximum atomic E-state index is 12.8. The highest BCUT2D eigenvalue weighted by Crippen LogP contribution is 2.40. The smallest absolute Gasteiger partial charge is 0.259 e. The average molecular weight is 328 g/mol. The largest absolute Gasteiger partial charge is 0.350 e. The number of carbonyl (C=O) groups is 1. The normalized spacial score (nSPS) is 20.6. The van der Waals surface area contributed by atoms with Gasteiger partial charge in [0.15, 0.2) is 0 Å². The summed E-state index contributed by atoms with van der Waals surface area (Å²) in [6.07, 6.45) is 6.33. The molecular formula is C18H24N4O2. The van der Waals surface area contributed by atoms with Gasteiger partial charge in [-0.05, 0) is 44.7 Å². The van der Waals surface area contributed by atoms with Crippen LogP contribution in [0.15, 0.2) is 10.6 Å². The van der Waals surface area contributed by atoms with Crippen LogP contribution in [0.25, 0.3) is 11.1 Å². The Morgan fingerprint density at radius 2 is 2.29 bits per heavy atom. The van der Waals surface area contributed by atoms with Crippen LogP contribution < -0.4 is 10.6 Å². The lowest BCUT2D eigenvalue weighted by Gasteiger charge is -2.12. The van der Waals surface area contributed by atoms with Crippen LogP contribution in [0.2, 0.25) is 0 Å². The molecule has 1 saturated heterocycles. The molecule has 1 aliphatic carbocycles. The number of pyridine rings is 1. The zero-order valence-corrected chi connectivity index (χ0v) is 14.1. The molecule has 6 heteroatoms. The summed E-state index contributed by atoms with van der Waals surface area (Å²) in [7, 11) is 0. The summed E-state index contributed by atoms with van der Waals surface area (Å²) in [6, 6.07) is 2.33. The Bertz CT molecular complexity index is 745. The van der Waals surface area contributed by atoms with Crippen LogP contribution in [-0.2, 0) is 6.42 Å². The maximum absolute atomic E-state index is 12.8. The van der Waals surface area contributed by atoms with E-state index in [4.69, 9.17) is 4.52 Å². The van der Waals surface area contributed by atoms with Crippen LogP contribution in [0.1, 0.15) is 66.7 Å². The van der Waals surface area contributed by atoms with Crippen molar-refractivity contribution in [2.24, 2.45) is 0 Å². The van der Waals surface area contributed by atoms with Crippen molar-refractivity contribution in [1.29, 1.82) is 0 Å². The Hall–Kier alpha value is -1.95. The van der Waals surface area contributed by atoms with Crippen LogP contribution in [-0.4, -0.2) is 35.2 Å². The lowest BCUT2D eigenvalue weighted by Crippen LogP contribution is -2.37. The lowest BCUT2D eigenvalue weighted by atomic mass is 10.0. The number of rotatable bonds is 6. The third-order valence-corrected chi connectivity index (χ3v) is 4.94. The molecule has 1 atom stereocenters. The van der Waals surface area contributed by atoms with Gasteiger partial charge in [-0.1, -0.05) is 18.5 Å². The van der Waals surface area contributed by atoms with Gasteiger partial charge < -0.3 is 15.2 Å². The highest BCUT2D eigenvalue weighted by molar-refractivity contribution is 6.06. The van der Waals surface area contributed by atoms with Gasteiger partial charge in [0.2, 0.25) is 0 Å². The molecule has 128 valence electrons. The molecule has 1 aliphatic heterocycles. The number of aromatic nitrogens is 2. The first kappa shape index (κ1) is 15.6. The maximum Gasteiger partial charge on any atom is 0.259 e. The van der Waals surface area contributed by atoms with Crippen molar-refractivity contribution >= 4 is 17.0 Å². The number of amides is 1. The van der Waals surface area contributed by atoms with Gasteiger partial charge in [-0.2, -0.15) is 0 Å². The van der Waals surface area contributed by atoms with Crippen molar-refractivity contribution in [2.75, 3.05) is 13.1 Å². The summed E-state index contributed by atoms with van der Waals surface area (Å²) in [5.74, 6) is 0.427. The lowest BCUT2D eigenvalue weighted by molar-refractivity contribution is 0.0951. The standard InChI is InChI=1S/C18H24N4O2/c1-2-4-14-16-13(17(23)20-10-12-5-3-8-19-12)9-15(11-6-7-11)21-18(16)24-22-14/h9,11-12,19H,2-8,10H2,1H3,(H,20,23). The minimum atomic E-state index is -0.0430. The van der Waals surface area contributed by atoms with Crippen molar-refractivity contribution < 1.29 is 9.32 Å². The number of hydrogen-bond donors (Lipinski definition) is 2. The summed E-state index contributed by atoms with van der Waals surface area (Å²) < 4.78 is 5.44. The zero-order chi connectivity index (χ0) is 16.5. The Balaban J connectivity index is 1.65. The molecule has 2 aliphatic rings. The molecule has 0 spiro atoms. The van der Waals surface area contributed by atoms with E-state index in [0.717, 1.165) is 55.4 Å². The summed E-state index contributed by atoms with van der Waals surface area (Å²) in [4.78, 5) is 17.4. The first-order chi connectivity index (χ1) is 11.8. The topological polar surface area (TPSA) is 80.0 Å². The van der Waals surface area contributed by atoms with Crippen LogP contribution >= 0.6 is 0 Å². The highest BCUT2D eigenvalue weighted by atomic mass is 16.5. The average Bonchev–Trinajstić information content (AvgIpc) is 3.17. The third kappa shape index (κ3) is 3.02. The molecule has 3 heterocycles. The van der Waals surface area contributed by atoms with Gasteiger partial charge in [0.1, 0.15) is 0 Å². The number of carbonyl (C=O) groups excluding carboxylic acids is 1. The first-order valence-corrected chi connectivity index (χ1v) is 9.07. The molecule has 2 aromatic heterocycles. The molecule has 0 bridgehead atoms. The molecule has 0 radical (unpaired) electrons. The third-order valence-electron chi connectivity index (χ3n) is 4.94. The second kappa shape index (κ2) is 6.51. The van der Waals surface area contributed by atoms with Crippen molar-refractivity contribution in [2.45, 2.75) is 57.4 Å². The molecule has 1 saturated carbocycles. The molecule has 24 heavy (non-hydrogen) atoms. The number of fused-ring (bicyclic) bond motifs is 1. The fourth-order valence-electron chi connectivity index (χ4n) is 3.45. The van der Waals surface area contributed by atoms with Gasteiger partial charge in [0.05, 0.1) is 16.6 Å². The molecule has 2 aromatic rings. The van der Waals surface area contributed by atoms with Gasteiger partial charge in [0, 0.05) is 24.2 Å². The minimum absolute atomic E-state index is 0.0430. The van der Waals surface area contributed by atoms with E-state index in [1.165, 1.54) is 6.42 Å². The molecule has 6 nitrogen and oxygen atoms in total. The molecule has 2 N–H and O–H groups in total. The van der Waals surface area contributed by atoms with Gasteiger partial charge in [-0.25, -0.2) is 4.98 Å². The van der Waals surface area contributed by atoms with E-state index in [0.29, 0.717) is 29.8 Å². The number of nitrogens with zero attached hydrogens (tertiary/aromatic N) is 2. The molecule has 1 amide bonds. The molecule has 0 aromatic carbocycles. The SMILES string of the molecule is CCCc1noc2nc(C3CC3)cc(C(=O)NCC3CCCN3)c12. The quantitative estimate of drug-likeness (QED) is 0.852. The van der Waals surface area contributed by atoms with E-state index in [2.05, 4.69) is 27.7 Å². The van der Waals surface area contributed by atoms with Crippen LogP contribution in [0.3, 0.4) is 0 Å². The predicted molar refractivity (Wildman–Crippen MR) is 91.1 cm³/mol. The first-order valence-electron chi connectivity index (χ1n) is 9.07. The predicted octanol–water partition coefficient (Wildman–Crippen LogP) is 2.53. The number of nitrogens with one attached hydrogen (secondary N) is 2. The van der Waals surface area contributed by atoms with E-state index in [-0.39, 0.29) is 5.91 Å². The van der Waals surface area contributed by atoms with Crippen LogP contribution in [0.5, 0.6) is 0 Å². The molecule has 1 unspecified atom stereocenters. The van der Waals surface area contributed by atoms with Gasteiger partial charge >= 0.3 is 0 Å². The van der Waals surface area contributed by atoms with Crippen LogP contribution in [0.4, 0.5) is 0 Å². The number of hydrogen-bond acceptors (Lipinski definition) is 5. The van der Waals surface area contributed by atoms with E-state index in [9.17, 15) is 4.79 Å². The minimum Gasteiger partial charge on any atom is -0.350 e. The second-order valence-electron chi connectivity index (χ2n) is 6.93. The highest BCUT2D eigenvalue weighted by Gasteiger charge is 2.29. The fourth-order valence-corrected chi connectivity index (χ4v) is 3.45. The Kier molecular flexibility index (Phi) is 4.22. The summed E-state index contributed by atoms with van der Waals surface area (Å²) in [5, 5.41) is 11.4. The van der Waals surface area contributed by atoms with E-state index >= 15 is 0 Å². The Morgan fingerprint density at radius 1 is 1.42 bits per heavy atom. The summed E-state index contributed by atoms with van der Waals surface area (Å²) >= 11 is 0. The summed E-state index contributed by atoms with van der Waals surface area (Å²) in [6.45, 7) is 3.80. The summed E-state index contributed by atoms with van der Waals surface area (Å²) in [5.41, 5.74) is 2.98. The van der Waals surface area contributed by atoms with Gasteiger partial charge in [0.25, 0.3) is 11.6 Å². The number of aryl methyl sites for hydroxylation is 1. The zero-order valence-electron chi connectivity index (χ0n) is 14.1. The Morgan fingerprint density at radius 3 is 3.00 bits per heavy atom. The monoisotopic (exact) mass is 328 g/mol. The van der Waals surface area contributed by atoms with Crippen molar-refractivity contribution in [3.8, 4) is 0 Å². The van der Waals surface area contributed by atoms with E-state index in [1.54, 1.807) is 0 Å². The fraction of sp³-hybridized carbons (Fsp3) is 0.611. The van der Waals surface area contributed by atoms with E-state index < -0.39 is 0 Å². The van der Waals surface area contributed by atoms with Crippen LogP contribution in [0, 0.1) is 0 Å². The van der Waals surface area contributed by atoms with Gasteiger partial charge in [-0.15, -0.1) is 0 Å². The van der Waals surface area contributed by atoms with Crippen molar-refractivity contribution in [3.05, 3.63) is 23.0 Å². The molecule has 2 fully saturated rings. The Labute approximate surface area is 141 Å².